The number of carbonyl (C=O) groups is 2. The number of carbonyl (C=O) groups excluding carboxylic acids is 2. The van der Waals surface area contributed by atoms with E-state index in [1.165, 1.54) is 28.0 Å². The van der Waals surface area contributed by atoms with Gasteiger partial charge in [0.15, 0.2) is 10.3 Å². The van der Waals surface area contributed by atoms with Crippen molar-refractivity contribution in [2.45, 2.75) is 31.0 Å². The van der Waals surface area contributed by atoms with E-state index in [0.717, 1.165) is 22.7 Å². The van der Waals surface area contributed by atoms with E-state index in [-0.39, 0.29) is 6.03 Å². The molecule has 0 aromatic carbocycles. The van der Waals surface area contributed by atoms with Crippen molar-refractivity contribution in [3.8, 4) is 10.6 Å². The van der Waals surface area contributed by atoms with Crippen LogP contribution in [-0.2, 0) is 4.79 Å². The van der Waals surface area contributed by atoms with Crippen molar-refractivity contribution in [1.29, 1.82) is 0 Å². The molecular formula is C15H18N6O2S2. The van der Waals surface area contributed by atoms with Gasteiger partial charge in [-0.3, -0.25) is 10.1 Å². The molecule has 1 aliphatic heterocycles. The number of primary amides is 1. The van der Waals surface area contributed by atoms with Gasteiger partial charge in [0, 0.05) is 12.7 Å². The van der Waals surface area contributed by atoms with Crippen LogP contribution in [-0.4, -0.2) is 50.6 Å². The molecule has 8 nitrogen and oxygen atoms in total. The minimum Gasteiger partial charge on any atom is -0.368 e. The van der Waals surface area contributed by atoms with Crippen molar-refractivity contribution in [1.82, 2.24) is 19.9 Å². The van der Waals surface area contributed by atoms with E-state index in [2.05, 4.69) is 20.3 Å². The first-order valence-electron chi connectivity index (χ1n) is 7.71. The van der Waals surface area contributed by atoms with Gasteiger partial charge in [0.05, 0.1) is 16.3 Å². The molecule has 1 aliphatic rings. The maximum atomic E-state index is 12.4. The van der Waals surface area contributed by atoms with Crippen LogP contribution < -0.4 is 11.1 Å². The molecule has 10 heteroatoms. The predicted octanol–water partition coefficient (Wildman–Crippen LogP) is 2.11. The number of likely N-dealkylation sites (tertiary alicyclic amines) is 1. The summed E-state index contributed by atoms with van der Waals surface area (Å²) in [4.78, 5) is 39.2. The summed E-state index contributed by atoms with van der Waals surface area (Å²) in [5.74, 6) is -0.478. The molecule has 0 spiro atoms. The number of aryl methyl sites for hydroxylation is 1. The quantitative estimate of drug-likeness (QED) is 0.622. The van der Waals surface area contributed by atoms with Gasteiger partial charge in [0.25, 0.3) is 0 Å². The smallest absolute Gasteiger partial charge is 0.324 e. The third-order valence-electron chi connectivity index (χ3n) is 3.90. The second-order valence-electron chi connectivity index (χ2n) is 5.55. The molecule has 3 N–H and O–H groups in total. The second-order valence-corrected chi connectivity index (χ2v) is 7.32. The monoisotopic (exact) mass is 378 g/mol. The Labute approximate surface area is 153 Å². The maximum absolute atomic E-state index is 12.4. The molecule has 1 fully saturated rings. The highest BCUT2D eigenvalue weighted by molar-refractivity contribution is 7.98. The molecule has 0 saturated carbocycles. The van der Waals surface area contributed by atoms with Crippen molar-refractivity contribution < 1.29 is 9.59 Å². The van der Waals surface area contributed by atoms with E-state index in [1.54, 1.807) is 6.20 Å². The van der Waals surface area contributed by atoms with Crippen LogP contribution in [0.3, 0.4) is 0 Å². The highest BCUT2D eigenvalue weighted by atomic mass is 32.2. The first-order chi connectivity index (χ1) is 12.0. The molecule has 1 unspecified atom stereocenters. The maximum Gasteiger partial charge on any atom is 0.324 e. The Hall–Kier alpha value is -2.20. The van der Waals surface area contributed by atoms with Gasteiger partial charge < -0.3 is 10.6 Å². The zero-order valence-electron chi connectivity index (χ0n) is 13.9. The second kappa shape index (κ2) is 7.36. The van der Waals surface area contributed by atoms with E-state index >= 15 is 0 Å². The van der Waals surface area contributed by atoms with Gasteiger partial charge in [0.2, 0.25) is 5.91 Å². The fraction of sp³-hybridized carbons (Fsp3) is 0.400. The fourth-order valence-electron chi connectivity index (χ4n) is 2.72. The number of thioether (sulfide) groups is 1. The number of thiazole rings is 1. The number of nitrogens with zero attached hydrogens (tertiary/aromatic N) is 4. The third kappa shape index (κ3) is 3.74. The number of nitrogens with one attached hydrogen (secondary N) is 1. The van der Waals surface area contributed by atoms with Crippen molar-refractivity contribution in [2.24, 2.45) is 5.73 Å². The molecule has 1 saturated heterocycles. The Morgan fingerprint density at radius 3 is 2.96 bits per heavy atom. The number of nitrogens with two attached hydrogens (primary N) is 1. The minimum atomic E-state index is -0.550. The summed E-state index contributed by atoms with van der Waals surface area (Å²) in [7, 11) is 0. The molecule has 3 rings (SSSR count). The van der Waals surface area contributed by atoms with Gasteiger partial charge in [-0.05, 0) is 32.1 Å². The molecule has 1 atom stereocenters. The highest BCUT2D eigenvalue weighted by Gasteiger charge is 2.33. The van der Waals surface area contributed by atoms with Gasteiger partial charge in [-0.15, -0.1) is 0 Å². The van der Waals surface area contributed by atoms with Crippen molar-refractivity contribution >= 4 is 40.2 Å². The van der Waals surface area contributed by atoms with E-state index in [0.29, 0.717) is 23.3 Å². The number of rotatable bonds is 4. The summed E-state index contributed by atoms with van der Waals surface area (Å²) in [6.07, 6.45) is 4.98. The van der Waals surface area contributed by atoms with E-state index in [4.69, 9.17) is 5.73 Å². The van der Waals surface area contributed by atoms with Crippen LogP contribution in [0.15, 0.2) is 17.4 Å². The SMILES string of the molecule is CSc1nccc(-c2sc(NC(=O)N3CCCC3C(N)=O)nc2C)n1. The number of urea groups is 1. The van der Waals surface area contributed by atoms with Crippen LogP contribution in [0.25, 0.3) is 10.6 Å². The van der Waals surface area contributed by atoms with Crippen LogP contribution in [0.1, 0.15) is 18.5 Å². The minimum absolute atomic E-state index is 0.353. The Kier molecular flexibility index (Phi) is 5.19. The summed E-state index contributed by atoms with van der Waals surface area (Å²) in [6.45, 7) is 2.38. The lowest BCUT2D eigenvalue weighted by Gasteiger charge is -2.21. The molecule has 0 radical (unpaired) electrons. The number of aromatic nitrogens is 3. The van der Waals surface area contributed by atoms with Crippen LogP contribution in [0.5, 0.6) is 0 Å². The van der Waals surface area contributed by atoms with Crippen LogP contribution in [0.2, 0.25) is 0 Å². The summed E-state index contributed by atoms with van der Waals surface area (Å²) in [5, 5.41) is 3.91. The summed E-state index contributed by atoms with van der Waals surface area (Å²) in [5.41, 5.74) is 6.91. The lowest BCUT2D eigenvalue weighted by molar-refractivity contribution is -0.121. The highest BCUT2D eigenvalue weighted by Crippen LogP contribution is 2.32. The molecule has 25 heavy (non-hydrogen) atoms. The zero-order chi connectivity index (χ0) is 18.0. The Morgan fingerprint density at radius 1 is 1.44 bits per heavy atom. The molecule has 132 valence electrons. The largest absolute Gasteiger partial charge is 0.368 e. The number of hydrogen-bond acceptors (Lipinski definition) is 7. The average Bonchev–Trinajstić information content (AvgIpc) is 3.21. The number of amides is 3. The summed E-state index contributed by atoms with van der Waals surface area (Å²) >= 11 is 2.81. The summed E-state index contributed by atoms with van der Waals surface area (Å²) < 4.78 is 0. The number of anilines is 1. The lowest BCUT2D eigenvalue weighted by atomic mass is 10.2. The van der Waals surface area contributed by atoms with E-state index in [1.807, 2.05) is 19.2 Å². The topological polar surface area (TPSA) is 114 Å². The Bertz CT molecular complexity index is 809. The Balaban J connectivity index is 1.78. The van der Waals surface area contributed by atoms with Crippen LogP contribution >= 0.6 is 23.1 Å². The number of hydrogen-bond donors (Lipinski definition) is 2. The molecular weight excluding hydrogens is 360 g/mol. The van der Waals surface area contributed by atoms with Gasteiger partial charge in [-0.1, -0.05) is 23.1 Å². The van der Waals surface area contributed by atoms with Crippen LogP contribution in [0, 0.1) is 6.92 Å². The van der Waals surface area contributed by atoms with Crippen molar-refractivity contribution in [2.75, 3.05) is 18.1 Å². The van der Waals surface area contributed by atoms with Crippen molar-refractivity contribution in [3.63, 3.8) is 0 Å². The summed E-state index contributed by atoms with van der Waals surface area (Å²) in [6, 6.07) is 0.913. The van der Waals surface area contributed by atoms with E-state index < -0.39 is 11.9 Å². The molecule has 3 heterocycles. The molecule has 0 bridgehead atoms. The van der Waals surface area contributed by atoms with Gasteiger partial charge in [-0.25, -0.2) is 19.7 Å². The average molecular weight is 378 g/mol. The zero-order valence-corrected chi connectivity index (χ0v) is 15.5. The normalized spacial score (nSPS) is 16.9. The molecule has 0 aliphatic carbocycles. The van der Waals surface area contributed by atoms with Gasteiger partial charge in [-0.2, -0.15) is 0 Å². The van der Waals surface area contributed by atoms with Crippen molar-refractivity contribution in [3.05, 3.63) is 18.0 Å². The fourth-order valence-corrected chi connectivity index (χ4v) is 4.00. The third-order valence-corrected chi connectivity index (χ3v) is 5.56. The first-order valence-corrected chi connectivity index (χ1v) is 9.75. The standard InChI is InChI=1S/C15H18N6O2S2/c1-8-11(9-5-6-17-13(19-9)24-2)25-14(18-8)20-15(23)21-7-3-4-10(21)12(16)22/h5-6,10H,3-4,7H2,1-2H3,(H2,16,22)(H,18,20,23). The van der Waals surface area contributed by atoms with Gasteiger partial charge >= 0.3 is 6.03 Å². The Morgan fingerprint density at radius 2 is 2.24 bits per heavy atom. The predicted molar refractivity (Wildman–Crippen MR) is 97.6 cm³/mol. The van der Waals surface area contributed by atoms with Gasteiger partial charge in [0.1, 0.15) is 6.04 Å². The molecule has 3 amide bonds. The lowest BCUT2D eigenvalue weighted by Crippen LogP contribution is -2.45. The molecule has 2 aromatic rings. The van der Waals surface area contributed by atoms with Crippen LogP contribution in [0.4, 0.5) is 9.93 Å². The van der Waals surface area contributed by atoms with E-state index in [9.17, 15) is 9.59 Å². The first kappa shape index (κ1) is 17.6. The molecule has 2 aromatic heterocycles.